The number of fused-ring (bicyclic) bond motifs is 1. The van der Waals surface area contributed by atoms with Gasteiger partial charge in [-0.2, -0.15) is 9.61 Å². The number of rotatable bonds is 9. The van der Waals surface area contributed by atoms with Crippen LogP contribution in [0.1, 0.15) is 29.6 Å². The lowest BCUT2D eigenvalue weighted by Crippen LogP contribution is -2.28. The second-order valence-corrected chi connectivity index (χ2v) is 7.40. The Morgan fingerprint density at radius 2 is 2.04 bits per heavy atom. The summed E-state index contributed by atoms with van der Waals surface area (Å²) in [5, 5.41) is 5.26. The van der Waals surface area contributed by atoms with E-state index in [4.69, 9.17) is 4.74 Å². The molecule has 3 rings (SSSR count). The molecule has 0 aliphatic carbocycles. The first-order valence-corrected chi connectivity index (χ1v) is 9.75. The Morgan fingerprint density at radius 1 is 1.26 bits per heavy atom. The van der Waals surface area contributed by atoms with Crippen molar-refractivity contribution in [3.05, 3.63) is 62.8 Å². The number of hydrogen-bond acceptors (Lipinski definition) is 6. The molecule has 0 radical (unpaired) electrons. The molecule has 0 saturated heterocycles. The van der Waals surface area contributed by atoms with Crippen LogP contribution in [-0.4, -0.2) is 39.8 Å². The number of aromatic nitrogens is 3. The number of hydrogen-bond donors (Lipinski definition) is 0. The van der Waals surface area contributed by atoms with E-state index in [-0.39, 0.29) is 11.4 Å². The number of nitrogens with zero attached hydrogens (tertiary/aromatic N) is 4. The zero-order valence-corrected chi connectivity index (χ0v) is 16.3. The molecule has 0 saturated carbocycles. The van der Waals surface area contributed by atoms with E-state index in [1.54, 1.807) is 19.2 Å². The molecule has 3 aromatic rings. The van der Waals surface area contributed by atoms with Crippen molar-refractivity contribution in [2.75, 3.05) is 20.3 Å². The summed E-state index contributed by atoms with van der Waals surface area (Å²) >= 11 is 1.46. The van der Waals surface area contributed by atoms with Crippen LogP contribution < -0.4 is 5.56 Å². The maximum atomic E-state index is 13.1. The van der Waals surface area contributed by atoms with Crippen LogP contribution in [0, 0.1) is 5.82 Å². The van der Waals surface area contributed by atoms with Gasteiger partial charge in [0, 0.05) is 39.2 Å². The Balaban J connectivity index is 1.81. The molecule has 1 aromatic carbocycles. The Labute approximate surface area is 161 Å². The highest BCUT2D eigenvalue weighted by atomic mass is 32.1. The highest BCUT2D eigenvalue weighted by Crippen LogP contribution is 2.15. The summed E-state index contributed by atoms with van der Waals surface area (Å²) in [6.07, 6.45) is 1.82. The molecule has 6 nitrogen and oxygen atoms in total. The van der Waals surface area contributed by atoms with Crippen molar-refractivity contribution in [3.8, 4) is 0 Å². The second kappa shape index (κ2) is 9.16. The Morgan fingerprint density at radius 3 is 2.74 bits per heavy atom. The van der Waals surface area contributed by atoms with Crippen LogP contribution in [0.4, 0.5) is 4.39 Å². The lowest BCUT2D eigenvalue weighted by atomic mass is 10.2. The predicted octanol–water partition coefficient (Wildman–Crippen LogP) is 2.89. The van der Waals surface area contributed by atoms with E-state index in [1.807, 2.05) is 0 Å². The van der Waals surface area contributed by atoms with Crippen LogP contribution in [0.15, 0.2) is 35.1 Å². The minimum absolute atomic E-state index is 0.165. The van der Waals surface area contributed by atoms with Gasteiger partial charge in [0.05, 0.1) is 12.3 Å². The smallest absolute Gasteiger partial charge is 0.275 e. The zero-order chi connectivity index (χ0) is 19.2. The number of halogens is 1. The SMILES string of the molecule is CCCc1nn2c(=O)cc(CN(CCOC)Cc3ccc(F)cc3)nc2s1. The van der Waals surface area contributed by atoms with Crippen molar-refractivity contribution in [2.45, 2.75) is 32.9 Å². The molecular formula is C19H23FN4O2S. The molecular weight excluding hydrogens is 367 g/mol. The number of methoxy groups -OCH3 is 1. The maximum Gasteiger partial charge on any atom is 0.275 e. The third kappa shape index (κ3) is 5.18. The molecule has 0 bridgehead atoms. The Hall–Kier alpha value is -2.16. The summed E-state index contributed by atoms with van der Waals surface area (Å²) in [4.78, 5) is 19.8. The fourth-order valence-corrected chi connectivity index (χ4v) is 3.82. The van der Waals surface area contributed by atoms with Gasteiger partial charge in [0.2, 0.25) is 4.96 Å². The molecule has 0 amide bonds. The normalized spacial score (nSPS) is 11.6. The average Bonchev–Trinajstić information content (AvgIpc) is 3.05. The topological polar surface area (TPSA) is 59.7 Å². The van der Waals surface area contributed by atoms with Gasteiger partial charge in [-0.05, 0) is 24.1 Å². The van der Waals surface area contributed by atoms with E-state index in [0.29, 0.717) is 36.9 Å². The molecule has 0 N–H and O–H groups in total. The highest BCUT2D eigenvalue weighted by molar-refractivity contribution is 7.16. The van der Waals surface area contributed by atoms with E-state index in [1.165, 1.54) is 34.1 Å². The van der Waals surface area contributed by atoms with Gasteiger partial charge >= 0.3 is 0 Å². The van der Waals surface area contributed by atoms with Crippen molar-refractivity contribution in [3.63, 3.8) is 0 Å². The third-order valence-corrected chi connectivity index (χ3v) is 5.09. The summed E-state index contributed by atoms with van der Waals surface area (Å²) in [6.45, 7) is 4.45. The van der Waals surface area contributed by atoms with Crippen LogP contribution in [0.3, 0.4) is 0 Å². The standard InChI is InChI=1S/C19H23FN4O2S/c1-3-4-17-22-24-18(25)11-16(21-19(24)27-17)13-23(9-10-26-2)12-14-5-7-15(20)8-6-14/h5-8,11H,3-4,9-10,12-13H2,1-2H3. The van der Waals surface area contributed by atoms with Crippen molar-refractivity contribution in [1.29, 1.82) is 0 Å². The highest BCUT2D eigenvalue weighted by Gasteiger charge is 2.13. The molecule has 2 heterocycles. The lowest BCUT2D eigenvalue weighted by Gasteiger charge is -2.21. The van der Waals surface area contributed by atoms with E-state index < -0.39 is 0 Å². The van der Waals surface area contributed by atoms with E-state index in [0.717, 1.165) is 23.4 Å². The summed E-state index contributed by atoms with van der Waals surface area (Å²) in [5.41, 5.74) is 1.53. The number of benzene rings is 1. The van der Waals surface area contributed by atoms with Crippen LogP contribution in [0.25, 0.3) is 4.96 Å². The zero-order valence-electron chi connectivity index (χ0n) is 15.5. The molecule has 2 aromatic heterocycles. The number of aryl methyl sites for hydroxylation is 1. The van der Waals surface area contributed by atoms with Crippen molar-refractivity contribution in [1.82, 2.24) is 19.5 Å². The first kappa shape index (κ1) is 19.6. The Kier molecular flexibility index (Phi) is 6.65. The van der Waals surface area contributed by atoms with Gasteiger partial charge in [-0.3, -0.25) is 9.69 Å². The third-order valence-electron chi connectivity index (χ3n) is 4.12. The van der Waals surface area contributed by atoms with Gasteiger partial charge in [-0.25, -0.2) is 9.37 Å². The minimum atomic E-state index is -0.254. The fraction of sp³-hybridized carbons (Fsp3) is 0.421. The molecule has 144 valence electrons. The van der Waals surface area contributed by atoms with Gasteiger partial charge in [0.15, 0.2) is 0 Å². The largest absolute Gasteiger partial charge is 0.383 e. The molecule has 0 fully saturated rings. The average molecular weight is 390 g/mol. The maximum absolute atomic E-state index is 13.1. The van der Waals surface area contributed by atoms with Crippen LogP contribution in [-0.2, 0) is 24.2 Å². The van der Waals surface area contributed by atoms with Crippen molar-refractivity contribution in [2.24, 2.45) is 0 Å². The molecule has 8 heteroatoms. The van der Waals surface area contributed by atoms with Crippen LogP contribution in [0.5, 0.6) is 0 Å². The monoisotopic (exact) mass is 390 g/mol. The van der Waals surface area contributed by atoms with Crippen molar-refractivity contribution >= 4 is 16.3 Å². The Bertz CT molecular complexity index is 939. The molecule has 0 atom stereocenters. The van der Waals surface area contributed by atoms with E-state index in [9.17, 15) is 9.18 Å². The summed E-state index contributed by atoms with van der Waals surface area (Å²) in [6, 6.07) is 7.97. The van der Waals surface area contributed by atoms with Crippen LogP contribution in [0.2, 0.25) is 0 Å². The summed E-state index contributed by atoms with van der Waals surface area (Å²) in [5.74, 6) is -0.254. The predicted molar refractivity (Wildman–Crippen MR) is 104 cm³/mol. The minimum Gasteiger partial charge on any atom is -0.383 e. The first-order valence-electron chi connectivity index (χ1n) is 8.93. The van der Waals surface area contributed by atoms with Gasteiger partial charge in [-0.15, -0.1) is 0 Å². The summed E-state index contributed by atoms with van der Waals surface area (Å²) in [7, 11) is 1.65. The van der Waals surface area contributed by atoms with E-state index >= 15 is 0 Å². The molecule has 0 aliphatic heterocycles. The molecule has 0 aliphatic rings. The molecule has 27 heavy (non-hydrogen) atoms. The first-order chi connectivity index (χ1) is 13.1. The van der Waals surface area contributed by atoms with Crippen molar-refractivity contribution < 1.29 is 9.13 Å². The summed E-state index contributed by atoms with van der Waals surface area (Å²) < 4.78 is 19.7. The van der Waals surface area contributed by atoms with Crippen LogP contribution >= 0.6 is 11.3 Å². The quantitative estimate of drug-likeness (QED) is 0.562. The van der Waals surface area contributed by atoms with Gasteiger partial charge in [0.1, 0.15) is 10.8 Å². The van der Waals surface area contributed by atoms with E-state index in [2.05, 4.69) is 21.9 Å². The van der Waals surface area contributed by atoms with Gasteiger partial charge < -0.3 is 4.74 Å². The molecule has 0 spiro atoms. The fourth-order valence-electron chi connectivity index (χ4n) is 2.80. The second-order valence-electron chi connectivity index (χ2n) is 6.36. The molecule has 0 unspecified atom stereocenters. The lowest BCUT2D eigenvalue weighted by molar-refractivity contribution is 0.139. The van der Waals surface area contributed by atoms with Gasteiger partial charge in [0.25, 0.3) is 5.56 Å². The number of ether oxygens (including phenoxy) is 1. The van der Waals surface area contributed by atoms with Gasteiger partial charge in [-0.1, -0.05) is 30.4 Å².